The second kappa shape index (κ2) is 7.72. The van der Waals surface area contributed by atoms with Gasteiger partial charge in [-0.3, -0.25) is 4.79 Å². The van der Waals surface area contributed by atoms with E-state index in [4.69, 9.17) is 4.74 Å². The molecule has 6 nitrogen and oxygen atoms in total. The van der Waals surface area contributed by atoms with Crippen LogP contribution in [0, 0.1) is 5.92 Å². The van der Waals surface area contributed by atoms with Crippen molar-refractivity contribution < 1.29 is 17.9 Å². The molecule has 126 valence electrons. The van der Waals surface area contributed by atoms with Gasteiger partial charge in [-0.05, 0) is 11.6 Å². The molecule has 0 bridgehead atoms. The van der Waals surface area contributed by atoms with Gasteiger partial charge in [0.15, 0.2) is 0 Å². The van der Waals surface area contributed by atoms with Crippen LogP contribution in [0.15, 0.2) is 36.4 Å². The fraction of sp³-hybridized carbons (Fsp3) is 0.438. The first kappa shape index (κ1) is 17.7. The van der Waals surface area contributed by atoms with Crippen molar-refractivity contribution in [2.24, 2.45) is 5.92 Å². The Labute approximate surface area is 137 Å². The molecule has 0 aliphatic carbocycles. The Morgan fingerprint density at radius 3 is 2.65 bits per heavy atom. The minimum absolute atomic E-state index is 0.0344. The topological polar surface area (TPSA) is 75.7 Å². The molecular formula is C16H22N2O4S. The van der Waals surface area contributed by atoms with E-state index in [1.165, 1.54) is 24.5 Å². The molecule has 2 atom stereocenters. The minimum Gasteiger partial charge on any atom is -0.379 e. The highest BCUT2D eigenvalue weighted by atomic mass is 32.2. The second-order valence-electron chi connectivity index (χ2n) is 5.72. The first-order valence-electron chi connectivity index (χ1n) is 7.40. The van der Waals surface area contributed by atoms with Gasteiger partial charge < -0.3 is 10.1 Å². The van der Waals surface area contributed by atoms with Crippen molar-refractivity contribution in [1.29, 1.82) is 0 Å². The second-order valence-corrected chi connectivity index (χ2v) is 7.95. The molecule has 1 aliphatic rings. The van der Waals surface area contributed by atoms with Gasteiger partial charge >= 0.3 is 0 Å². The van der Waals surface area contributed by atoms with Gasteiger partial charge in [-0.1, -0.05) is 30.3 Å². The van der Waals surface area contributed by atoms with Gasteiger partial charge in [0.2, 0.25) is 15.9 Å². The maximum absolute atomic E-state index is 12.0. The summed E-state index contributed by atoms with van der Waals surface area (Å²) in [6.07, 6.45) is 3.17. The summed E-state index contributed by atoms with van der Waals surface area (Å²) in [5.74, 6) is -0.527. The van der Waals surface area contributed by atoms with E-state index in [2.05, 4.69) is 5.32 Å². The van der Waals surface area contributed by atoms with E-state index >= 15 is 0 Å². The van der Waals surface area contributed by atoms with Gasteiger partial charge in [0.05, 0.1) is 25.0 Å². The van der Waals surface area contributed by atoms with Crippen LogP contribution in [0.5, 0.6) is 0 Å². The van der Waals surface area contributed by atoms with Crippen molar-refractivity contribution in [3.8, 4) is 0 Å². The molecule has 1 heterocycles. The molecule has 1 aromatic rings. The van der Waals surface area contributed by atoms with Crippen LogP contribution in [-0.2, 0) is 19.6 Å². The number of nitrogens with zero attached hydrogens (tertiary/aromatic N) is 1. The van der Waals surface area contributed by atoms with Crippen LogP contribution in [0.3, 0.4) is 0 Å². The molecular weight excluding hydrogens is 316 g/mol. The molecule has 1 saturated heterocycles. The molecule has 1 N–H and O–H groups in total. The van der Waals surface area contributed by atoms with Crippen molar-refractivity contribution in [3.05, 3.63) is 42.0 Å². The minimum atomic E-state index is -3.32. The predicted octanol–water partition coefficient (Wildman–Crippen LogP) is 0.722. The predicted molar refractivity (Wildman–Crippen MR) is 89.2 cm³/mol. The van der Waals surface area contributed by atoms with E-state index in [1.54, 1.807) is 6.08 Å². The van der Waals surface area contributed by atoms with Gasteiger partial charge in [0.1, 0.15) is 0 Å². The Balaban J connectivity index is 1.93. The van der Waals surface area contributed by atoms with Crippen molar-refractivity contribution in [2.45, 2.75) is 6.04 Å². The summed E-state index contributed by atoms with van der Waals surface area (Å²) in [5, 5.41) is 2.83. The summed E-state index contributed by atoms with van der Waals surface area (Å²) < 4.78 is 30.5. The van der Waals surface area contributed by atoms with Gasteiger partial charge in [-0.15, -0.1) is 0 Å². The molecule has 2 rings (SSSR count). The van der Waals surface area contributed by atoms with E-state index in [-0.39, 0.29) is 23.6 Å². The van der Waals surface area contributed by atoms with Gasteiger partial charge in [-0.25, -0.2) is 12.7 Å². The smallest absolute Gasteiger partial charge is 0.244 e. The Hall–Kier alpha value is -1.70. The highest BCUT2D eigenvalue weighted by Gasteiger charge is 2.33. The summed E-state index contributed by atoms with van der Waals surface area (Å²) in [7, 11) is -0.319. The lowest BCUT2D eigenvalue weighted by atomic mass is 10.1. The molecule has 7 heteroatoms. The number of hydrogen-bond donors (Lipinski definition) is 1. The number of amides is 1. The maximum atomic E-state index is 12.0. The van der Waals surface area contributed by atoms with Gasteiger partial charge in [-0.2, -0.15) is 0 Å². The molecule has 1 fully saturated rings. The number of benzene rings is 1. The fourth-order valence-corrected chi connectivity index (χ4v) is 3.48. The van der Waals surface area contributed by atoms with Crippen LogP contribution in [0.4, 0.5) is 0 Å². The van der Waals surface area contributed by atoms with Crippen LogP contribution in [0.1, 0.15) is 5.56 Å². The molecule has 0 unspecified atom stereocenters. The Bertz CT molecular complexity index is 656. The Morgan fingerprint density at radius 2 is 2.00 bits per heavy atom. The van der Waals surface area contributed by atoms with E-state index in [1.807, 2.05) is 30.3 Å². The van der Waals surface area contributed by atoms with Crippen LogP contribution in [-0.4, -0.2) is 57.7 Å². The van der Waals surface area contributed by atoms with E-state index in [9.17, 15) is 13.2 Å². The highest BCUT2D eigenvalue weighted by molar-refractivity contribution is 7.89. The SMILES string of the molecule is CN(C)S(=O)(=O)C[C@@H]1COC[C@H]1NC(=O)C=Cc1ccccc1. The largest absolute Gasteiger partial charge is 0.379 e. The first-order chi connectivity index (χ1) is 10.9. The Kier molecular flexibility index (Phi) is 5.92. The lowest BCUT2D eigenvalue weighted by Crippen LogP contribution is -2.43. The fourth-order valence-electron chi connectivity index (χ4n) is 2.31. The van der Waals surface area contributed by atoms with Gasteiger partial charge in [0.25, 0.3) is 0 Å². The summed E-state index contributed by atoms with van der Waals surface area (Å²) >= 11 is 0. The van der Waals surface area contributed by atoms with Crippen molar-refractivity contribution in [3.63, 3.8) is 0 Å². The molecule has 0 saturated carbocycles. The number of sulfonamides is 1. The van der Waals surface area contributed by atoms with Crippen molar-refractivity contribution in [2.75, 3.05) is 33.1 Å². The maximum Gasteiger partial charge on any atom is 0.244 e. The summed E-state index contributed by atoms with van der Waals surface area (Å²) in [4.78, 5) is 12.0. The normalized spacial score (nSPS) is 21.9. The molecule has 1 amide bonds. The quantitative estimate of drug-likeness (QED) is 0.776. The van der Waals surface area contributed by atoms with Crippen LogP contribution < -0.4 is 5.32 Å². The number of nitrogens with one attached hydrogen (secondary N) is 1. The summed E-state index contributed by atoms with van der Waals surface area (Å²) in [5.41, 5.74) is 0.928. The van der Waals surface area contributed by atoms with E-state index in [0.717, 1.165) is 5.56 Å². The highest BCUT2D eigenvalue weighted by Crippen LogP contribution is 2.17. The van der Waals surface area contributed by atoms with Crippen LogP contribution >= 0.6 is 0 Å². The number of carbonyl (C=O) groups excluding carboxylic acids is 1. The zero-order valence-electron chi connectivity index (χ0n) is 13.3. The third kappa shape index (κ3) is 5.16. The lowest BCUT2D eigenvalue weighted by molar-refractivity contribution is -0.117. The van der Waals surface area contributed by atoms with Crippen LogP contribution in [0.25, 0.3) is 6.08 Å². The van der Waals surface area contributed by atoms with E-state index in [0.29, 0.717) is 13.2 Å². The number of rotatable bonds is 6. The molecule has 23 heavy (non-hydrogen) atoms. The third-order valence-corrected chi connectivity index (χ3v) is 5.70. The number of carbonyl (C=O) groups is 1. The molecule has 1 aromatic carbocycles. The first-order valence-corrected chi connectivity index (χ1v) is 9.01. The summed E-state index contributed by atoms with van der Waals surface area (Å²) in [6.45, 7) is 0.666. The van der Waals surface area contributed by atoms with E-state index < -0.39 is 10.0 Å². The van der Waals surface area contributed by atoms with Gasteiger partial charge in [0, 0.05) is 26.1 Å². The number of hydrogen-bond acceptors (Lipinski definition) is 4. The molecule has 0 spiro atoms. The molecule has 1 aliphatic heterocycles. The third-order valence-electron chi connectivity index (χ3n) is 3.73. The monoisotopic (exact) mass is 338 g/mol. The Morgan fingerprint density at radius 1 is 1.30 bits per heavy atom. The average Bonchev–Trinajstić information content (AvgIpc) is 2.92. The standard InChI is InChI=1S/C16H22N2O4S/c1-18(2)23(20,21)12-14-10-22-11-15(14)17-16(19)9-8-13-6-4-3-5-7-13/h3-9,14-15H,10-12H2,1-2H3,(H,17,19)/t14-,15+/m0/s1. The number of ether oxygens (including phenoxy) is 1. The van der Waals surface area contributed by atoms with Crippen LogP contribution in [0.2, 0.25) is 0 Å². The zero-order chi connectivity index (χ0) is 16.9. The van der Waals surface area contributed by atoms with Crippen molar-refractivity contribution in [1.82, 2.24) is 9.62 Å². The molecule has 0 aromatic heterocycles. The van der Waals surface area contributed by atoms with Crippen molar-refractivity contribution >= 4 is 22.0 Å². The average molecular weight is 338 g/mol. The molecule has 0 radical (unpaired) electrons. The lowest BCUT2D eigenvalue weighted by Gasteiger charge is -2.20. The summed E-state index contributed by atoms with van der Waals surface area (Å²) in [6, 6.07) is 9.19. The zero-order valence-corrected chi connectivity index (χ0v) is 14.1.